The third kappa shape index (κ3) is 2.93. The first-order valence-corrected chi connectivity index (χ1v) is 7.58. The quantitative estimate of drug-likeness (QED) is 0.826. The van der Waals surface area contributed by atoms with E-state index in [9.17, 15) is 9.59 Å². The fourth-order valence-electron chi connectivity index (χ4n) is 3.02. The first-order chi connectivity index (χ1) is 8.95. The molecule has 0 bridgehead atoms. The largest absolute Gasteiger partial charge is 0.342 e. The van der Waals surface area contributed by atoms with E-state index in [0.29, 0.717) is 11.8 Å². The predicted molar refractivity (Wildman–Crippen MR) is 74.5 cm³/mol. The highest BCUT2D eigenvalue weighted by molar-refractivity contribution is 5.97. The lowest BCUT2D eigenvalue weighted by atomic mass is 9.95. The van der Waals surface area contributed by atoms with Gasteiger partial charge in [-0.05, 0) is 44.9 Å². The van der Waals surface area contributed by atoms with E-state index in [1.165, 1.54) is 0 Å². The molecule has 1 saturated heterocycles. The average Bonchev–Trinajstić information content (AvgIpc) is 3.18. The summed E-state index contributed by atoms with van der Waals surface area (Å²) in [5.41, 5.74) is 0. The maximum atomic E-state index is 12.6. The summed E-state index contributed by atoms with van der Waals surface area (Å²) in [5.74, 6) is 1.10. The number of piperazine rings is 1. The van der Waals surface area contributed by atoms with Gasteiger partial charge < -0.3 is 10.2 Å². The molecule has 0 aromatic carbocycles. The van der Waals surface area contributed by atoms with Crippen LogP contribution in [0.3, 0.4) is 0 Å². The number of nitrogens with one attached hydrogen (secondary N) is 1. The van der Waals surface area contributed by atoms with Gasteiger partial charge in [0.15, 0.2) is 0 Å². The molecule has 0 aromatic rings. The normalized spacial score (nSPS) is 31.1. The van der Waals surface area contributed by atoms with Crippen molar-refractivity contribution in [2.45, 2.75) is 71.5 Å². The van der Waals surface area contributed by atoms with Crippen molar-refractivity contribution >= 4 is 11.8 Å². The summed E-state index contributed by atoms with van der Waals surface area (Å²) in [7, 11) is 0. The van der Waals surface area contributed by atoms with E-state index in [-0.39, 0.29) is 29.9 Å². The zero-order valence-electron chi connectivity index (χ0n) is 12.5. The Labute approximate surface area is 115 Å². The van der Waals surface area contributed by atoms with Crippen molar-refractivity contribution in [2.24, 2.45) is 11.8 Å². The molecule has 19 heavy (non-hydrogen) atoms. The summed E-state index contributed by atoms with van der Waals surface area (Å²) < 4.78 is 0. The highest BCUT2D eigenvalue weighted by Crippen LogP contribution is 2.35. The van der Waals surface area contributed by atoms with E-state index in [4.69, 9.17) is 0 Å². The Balaban J connectivity index is 2.10. The van der Waals surface area contributed by atoms with E-state index in [0.717, 1.165) is 25.7 Å². The molecule has 4 heteroatoms. The summed E-state index contributed by atoms with van der Waals surface area (Å²) in [6.07, 6.45) is 4.22. The van der Waals surface area contributed by atoms with Crippen LogP contribution in [-0.2, 0) is 9.59 Å². The van der Waals surface area contributed by atoms with Gasteiger partial charge in [0.05, 0.1) is 0 Å². The first kappa shape index (κ1) is 14.4. The molecule has 2 amide bonds. The van der Waals surface area contributed by atoms with Gasteiger partial charge in [0.1, 0.15) is 12.1 Å². The molecule has 1 aliphatic carbocycles. The third-order valence-electron chi connectivity index (χ3n) is 4.62. The minimum Gasteiger partial charge on any atom is -0.342 e. The number of amides is 2. The standard InChI is InChI=1S/C15H26N2O2/c1-5-9(2)8-10(3)17-11(4)14(18)16-13(15(17)19)12-6-7-12/h9-13H,5-8H2,1-4H3,(H,16,18). The molecule has 2 aliphatic rings. The van der Waals surface area contributed by atoms with Crippen molar-refractivity contribution in [3.05, 3.63) is 0 Å². The van der Waals surface area contributed by atoms with Gasteiger partial charge in [0, 0.05) is 6.04 Å². The van der Waals surface area contributed by atoms with Crippen LogP contribution in [0.5, 0.6) is 0 Å². The second-order valence-electron chi connectivity index (χ2n) is 6.34. The van der Waals surface area contributed by atoms with E-state index in [1.54, 1.807) is 0 Å². The minimum absolute atomic E-state index is 0.00695. The van der Waals surface area contributed by atoms with E-state index < -0.39 is 0 Å². The molecule has 0 aromatic heterocycles. The molecule has 108 valence electrons. The Morgan fingerprint density at radius 1 is 1.32 bits per heavy atom. The van der Waals surface area contributed by atoms with E-state index in [2.05, 4.69) is 26.1 Å². The molecule has 4 nitrogen and oxygen atoms in total. The van der Waals surface area contributed by atoms with Crippen LogP contribution in [0.1, 0.15) is 53.4 Å². The van der Waals surface area contributed by atoms with Gasteiger partial charge in [-0.2, -0.15) is 0 Å². The number of rotatable bonds is 5. The summed E-state index contributed by atoms with van der Waals surface area (Å²) in [4.78, 5) is 26.5. The van der Waals surface area contributed by atoms with Crippen LogP contribution in [-0.4, -0.2) is 34.8 Å². The molecule has 1 heterocycles. The van der Waals surface area contributed by atoms with Crippen molar-refractivity contribution in [3.63, 3.8) is 0 Å². The van der Waals surface area contributed by atoms with Crippen LogP contribution >= 0.6 is 0 Å². The molecule has 1 N–H and O–H groups in total. The molecule has 4 unspecified atom stereocenters. The Morgan fingerprint density at radius 2 is 1.95 bits per heavy atom. The highest BCUT2D eigenvalue weighted by Gasteiger charge is 2.46. The van der Waals surface area contributed by atoms with E-state index in [1.807, 2.05) is 11.8 Å². The lowest BCUT2D eigenvalue weighted by Crippen LogP contribution is -2.65. The number of carbonyl (C=O) groups excluding carboxylic acids is 2. The van der Waals surface area contributed by atoms with Crippen molar-refractivity contribution in [3.8, 4) is 0 Å². The summed E-state index contributed by atoms with van der Waals surface area (Å²) >= 11 is 0. The van der Waals surface area contributed by atoms with Crippen molar-refractivity contribution in [1.29, 1.82) is 0 Å². The molecule has 0 radical (unpaired) electrons. The van der Waals surface area contributed by atoms with Crippen LogP contribution in [0.25, 0.3) is 0 Å². The fourth-order valence-corrected chi connectivity index (χ4v) is 3.02. The maximum Gasteiger partial charge on any atom is 0.246 e. The van der Waals surface area contributed by atoms with Crippen molar-refractivity contribution in [2.75, 3.05) is 0 Å². The molecule has 2 rings (SSSR count). The van der Waals surface area contributed by atoms with Crippen LogP contribution in [0.4, 0.5) is 0 Å². The first-order valence-electron chi connectivity index (χ1n) is 7.58. The zero-order valence-corrected chi connectivity index (χ0v) is 12.5. The molecule has 1 saturated carbocycles. The van der Waals surface area contributed by atoms with Gasteiger partial charge in [-0.3, -0.25) is 9.59 Å². The average molecular weight is 266 g/mol. The second-order valence-corrected chi connectivity index (χ2v) is 6.34. The van der Waals surface area contributed by atoms with Crippen LogP contribution < -0.4 is 5.32 Å². The summed E-state index contributed by atoms with van der Waals surface area (Å²) in [6, 6.07) is -0.450. The number of carbonyl (C=O) groups is 2. The van der Waals surface area contributed by atoms with Crippen LogP contribution in [0, 0.1) is 11.8 Å². The number of hydrogen-bond donors (Lipinski definition) is 1. The molecule has 2 fully saturated rings. The third-order valence-corrected chi connectivity index (χ3v) is 4.62. The van der Waals surface area contributed by atoms with Gasteiger partial charge in [-0.15, -0.1) is 0 Å². The maximum absolute atomic E-state index is 12.6. The second kappa shape index (κ2) is 5.51. The van der Waals surface area contributed by atoms with Crippen molar-refractivity contribution < 1.29 is 9.59 Å². The Kier molecular flexibility index (Phi) is 4.16. The summed E-state index contributed by atoms with van der Waals surface area (Å²) in [6.45, 7) is 8.28. The Hall–Kier alpha value is -1.06. The summed E-state index contributed by atoms with van der Waals surface area (Å²) in [5, 5.41) is 2.90. The monoisotopic (exact) mass is 266 g/mol. The van der Waals surface area contributed by atoms with Gasteiger partial charge in [-0.1, -0.05) is 20.3 Å². The number of hydrogen-bond acceptors (Lipinski definition) is 2. The number of nitrogens with zero attached hydrogens (tertiary/aromatic N) is 1. The SMILES string of the molecule is CCC(C)CC(C)N1C(=O)C(C2CC2)NC(=O)C1C. The molecule has 4 atom stereocenters. The van der Waals surface area contributed by atoms with Crippen LogP contribution in [0.2, 0.25) is 0 Å². The fraction of sp³-hybridized carbons (Fsp3) is 0.867. The lowest BCUT2D eigenvalue weighted by molar-refractivity contribution is -0.152. The molecule has 1 aliphatic heterocycles. The Morgan fingerprint density at radius 3 is 2.47 bits per heavy atom. The van der Waals surface area contributed by atoms with Gasteiger partial charge >= 0.3 is 0 Å². The molecule has 0 spiro atoms. The van der Waals surface area contributed by atoms with Gasteiger partial charge in [0.25, 0.3) is 0 Å². The zero-order chi connectivity index (χ0) is 14.2. The van der Waals surface area contributed by atoms with Crippen LogP contribution in [0.15, 0.2) is 0 Å². The van der Waals surface area contributed by atoms with Crippen molar-refractivity contribution in [1.82, 2.24) is 10.2 Å². The minimum atomic E-state index is -0.332. The topological polar surface area (TPSA) is 49.4 Å². The highest BCUT2D eigenvalue weighted by atomic mass is 16.2. The molecular formula is C15H26N2O2. The smallest absolute Gasteiger partial charge is 0.246 e. The van der Waals surface area contributed by atoms with Gasteiger partial charge in [-0.25, -0.2) is 0 Å². The van der Waals surface area contributed by atoms with Gasteiger partial charge in [0.2, 0.25) is 11.8 Å². The lowest BCUT2D eigenvalue weighted by Gasteiger charge is -2.41. The predicted octanol–water partition coefficient (Wildman–Crippen LogP) is 1.94. The Bertz CT molecular complexity index is 365. The molecular weight excluding hydrogens is 240 g/mol. The van der Waals surface area contributed by atoms with E-state index >= 15 is 0 Å².